The standard InChI is InChI=1S/C19H30N6O3/c1-11(2)21-19(27)28-15-6-5-13(7-15)16-8-17(24-23-16)22-18(26)14-9-20-25(10-14)12(3)4/h8-13,15,19,21,27H,5-7H2,1-4H3,(H2,22,23,24,26)/t13-,15+,19?/m1/s1. The van der Waals surface area contributed by atoms with Crippen LogP contribution < -0.4 is 10.6 Å². The van der Waals surface area contributed by atoms with Crippen LogP contribution in [-0.4, -0.2) is 49.6 Å². The van der Waals surface area contributed by atoms with Crippen LogP contribution in [0.4, 0.5) is 5.82 Å². The number of ether oxygens (including phenoxy) is 1. The summed E-state index contributed by atoms with van der Waals surface area (Å²) in [4.78, 5) is 12.4. The van der Waals surface area contributed by atoms with E-state index in [9.17, 15) is 9.90 Å². The first-order valence-corrected chi connectivity index (χ1v) is 9.82. The Morgan fingerprint density at radius 3 is 2.82 bits per heavy atom. The van der Waals surface area contributed by atoms with Gasteiger partial charge < -0.3 is 15.2 Å². The van der Waals surface area contributed by atoms with Gasteiger partial charge in [0.25, 0.3) is 5.91 Å². The lowest BCUT2D eigenvalue weighted by Crippen LogP contribution is -2.38. The fourth-order valence-electron chi connectivity index (χ4n) is 3.39. The molecule has 0 bridgehead atoms. The molecular weight excluding hydrogens is 360 g/mol. The van der Waals surface area contributed by atoms with Crippen molar-refractivity contribution in [3.8, 4) is 0 Å². The Morgan fingerprint density at radius 2 is 2.14 bits per heavy atom. The summed E-state index contributed by atoms with van der Waals surface area (Å²) in [6.45, 7) is 7.92. The quantitative estimate of drug-likeness (QED) is 0.514. The van der Waals surface area contributed by atoms with Crippen LogP contribution in [-0.2, 0) is 4.74 Å². The van der Waals surface area contributed by atoms with Crippen LogP contribution in [0.2, 0.25) is 0 Å². The van der Waals surface area contributed by atoms with Gasteiger partial charge in [-0.15, -0.1) is 0 Å². The molecule has 28 heavy (non-hydrogen) atoms. The molecule has 3 atom stereocenters. The number of aliphatic hydroxyl groups is 1. The molecule has 1 fully saturated rings. The number of carbonyl (C=O) groups is 1. The summed E-state index contributed by atoms with van der Waals surface area (Å²) in [6.07, 6.45) is 4.93. The summed E-state index contributed by atoms with van der Waals surface area (Å²) in [6, 6.07) is 2.21. The number of nitrogens with one attached hydrogen (secondary N) is 3. The van der Waals surface area contributed by atoms with Gasteiger partial charge in [0.05, 0.1) is 17.9 Å². The maximum Gasteiger partial charge on any atom is 0.260 e. The van der Waals surface area contributed by atoms with Crippen LogP contribution >= 0.6 is 0 Å². The zero-order chi connectivity index (χ0) is 20.3. The monoisotopic (exact) mass is 390 g/mol. The Bertz CT molecular complexity index is 784. The number of aromatic amines is 1. The summed E-state index contributed by atoms with van der Waals surface area (Å²) in [5, 5.41) is 27.0. The van der Waals surface area contributed by atoms with E-state index in [1.165, 1.54) is 0 Å². The lowest BCUT2D eigenvalue weighted by Gasteiger charge is -2.20. The number of nitrogens with zero attached hydrogens (tertiary/aromatic N) is 3. The molecule has 3 rings (SSSR count). The summed E-state index contributed by atoms with van der Waals surface area (Å²) >= 11 is 0. The van der Waals surface area contributed by atoms with Crippen molar-refractivity contribution in [2.45, 2.75) is 77.5 Å². The smallest absolute Gasteiger partial charge is 0.260 e. The molecule has 2 aromatic heterocycles. The molecule has 2 heterocycles. The molecule has 2 aromatic rings. The first-order valence-electron chi connectivity index (χ1n) is 9.82. The molecule has 1 unspecified atom stereocenters. The van der Waals surface area contributed by atoms with Gasteiger partial charge in [-0.2, -0.15) is 10.2 Å². The number of H-pyrrole nitrogens is 1. The minimum absolute atomic E-state index is 0.00513. The number of hydrogen-bond acceptors (Lipinski definition) is 6. The van der Waals surface area contributed by atoms with Crippen molar-refractivity contribution in [1.29, 1.82) is 0 Å². The van der Waals surface area contributed by atoms with Crippen molar-refractivity contribution in [2.75, 3.05) is 5.32 Å². The predicted molar refractivity (Wildman–Crippen MR) is 105 cm³/mol. The third-order valence-corrected chi connectivity index (χ3v) is 4.85. The average Bonchev–Trinajstić information content (AvgIpc) is 3.34. The Hall–Kier alpha value is -2.23. The fraction of sp³-hybridized carbons (Fsp3) is 0.632. The number of aromatic nitrogens is 4. The van der Waals surface area contributed by atoms with Gasteiger partial charge in [-0.25, -0.2) is 0 Å². The number of rotatable bonds is 8. The molecule has 0 radical (unpaired) electrons. The minimum Gasteiger partial charge on any atom is -0.356 e. The van der Waals surface area contributed by atoms with Crippen LogP contribution in [0.25, 0.3) is 0 Å². The Labute approximate surface area is 164 Å². The number of amides is 1. The van der Waals surface area contributed by atoms with E-state index in [2.05, 4.69) is 25.9 Å². The molecule has 0 spiro atoms. The van der Waals surface area contributed by atoms with Crippen molar-refractivity contribution >= 4 is 11.7 Å². The van der Waals surface area contributed by atoms with E-state index in [-0.39, 0.29) is 30.0 Å². The summed E-state index contributed by atoms with van der Waals surface area (Å²) < 4.78 is 7.40. The molecule has 1 aliphatic carbocycles. The maximum absolute atomic E-state index is 12.4. The SMILES string of the molecule is CC(C)NC(O)O[C@H]1CC[C@@H](c2cc(NC(=O)c3cnn(C(C)C)c3)n[nH]2)C1. The fourth-order valence-corrected chi connectivity index (χ4v) is 3.39. The van der Waals surface area contributed by atoms with E-state index >= 15 is 0 Å². The third-order valence-electron chi connectivity index (χ3n) is 4.85. The molecule has 0 aromatic carbocycles. The molecule has 9 heteroatoms. The second-order valence-corrected chi connectivity index (χ2v) is 7.91. The number of aliphatic hydroxyl groups excluding tert-OH is 1. The van der Waals surface area contributed by atoms with Crippen LogP contribution in [0.1, 0.15) is 75.0 Å². The minimum atomic E-state index is -0.952. The predicted octanol–water partition coefficient (Wildman–Crippen LogP) is 2.37. The van der Waals surface area contributed by atoms with E-state index < -0.39 is 6.41 Å². The van der Waals surface area contributed by atoms with Crippen molar-refractivity contribution in [1.82, 2.24) is 25.3 Å². The molecular formula is C19H30N6O3. The third kappa shape index (κ3) is 5.18. The summed E-state index contributed by atoms with van der Waals surface area (Å²) in [7, 11) is 0. The van der Waals surface area contributed by atoms with Gasteiger partial charge >= 0.3 is 0 Å². The normalized spacial score (nSPS) is 20.8. The largest absolute Gasteiger partial charge is 0.356 e. The van der Waals surface area contributed by atoms with Gasteiger partial charge in [-0.1, -0.05) is 0 Å². The molecule has 4 N–H and O–H groups in total. The van der Waals surface area contributed by atoms with Crippen LogP contribution in [0.3, 0.4) is 0 Å². The first-order chi connectivity index (χ1) is 13.3. The Balaban J connectivity index is 1.53. The van der Waals surface area contributed by atoms with Crippen molar-refractivity contribution in [2.24, 2.45) is 0 Å². The lowest BCUT2D eigenvalue weighted by atomic mass is 10.0. The highest BCUT2D eigenvalue weighted by molar-refractivity contribution is 6.03. The second-order valence-electron chi connectivity index (χ2n) is 7.91. The number of anilines is 1. The zero-order valence-electron chi connectivity index (χ0n) is 16.8. The molecule has 1 amide bonds. The first kappa shape index (κ1) is 20.5. The van der Waals surface area contributed by atoms with Crippen molar-refractivity contribution in [3.05, 3.63) is 29.7 Å². The van der Waals surface area contributed by atoms with E-state index in [1.54, 1.807) is 17.1 Å². The Kier molecular flexibility index (Phi) is 6.48. The average molecular weight is 390 g/mol. The maximum atomic E-state index is 12.4. The highest BCUT2D eigenvalue weighted by atomic mass is 16.6. The summed E-state index contributed by atoms with van der Waals surface area (Å²) in [5.74, 6) is 0.515. The van der Waals surface area contributed by atoms with E-state index in [4.69, 9.17) is 4.74 Å². The van der Waals surface area contributed by atoms with Crippen LogP contribution in [0, 0.1) is 0 Å². The number of hydrogen-bond donors (Lipinski definition) is 4. The molecule has 1 aliphatic rings. The number of carbonyl (C=O) groups excluding carboxylic acids is 1. The summed E-state index contributed by atoms with van der Waals surface area (Å²) in [5.41, 5.74) is 1.46. The van der Waals surface area contributed by atoms with E-state index in [0.29, 0.717) is 11.4 Å². The lowest BCUT2D eigenvalue weighted by molar-refractivity contribution is -0.155. The Morgan fingerprint density at radius 1 is 1.36 bits per heavy atom. The van der Waals surface area contributed by atoms with Gasteiger partial charge in [-0.05, 0) is 47.0 Å². The van der Waals surface area contributed by atoms with Crippen molar-refractivity contribution < 1.29 is 14.6 Å². The van der Waals surface area contributed by atoms with Crippen LogP contribution in [0.15, 0.2) is 18.5 Å². The van der Waals surface area contributed by atoms with Crippen molar-refractivity contribution in [3.63, 3.8) is 0 Å². The second kappa shape index (κ2) is 8.85. The topological polar surface area (TPSA) is 117 Å². The van der Waals surface area contributed by atoms with E-state index in [0.717, 1.165) is 25.0 Å². The molecule has 0 aliphatic heterocycles. The molecule has 154 valence electrons. The molecule has 1 saturated carbocycles. The van der Waals surface area contributed by atoms with Gasteiger partial charge in [-0.3, -0.25) is 19.9 Å². The molecule has 9 nitrogen and oxygen atoms in total. The van der Waals surface area contributed by atoms with E-state index in [1.807, 2.05) is 33.8 Å². The van der Waals surface area contributed by atoms with Gasteiger partial charge in [0.1, 0.15) is 0 Å². The zero-order valence-corrected chi connectivity index (χ0v) is 16.8. The highest BCUT2D eigenvalue weighted by Gasteiger charge is 2.29. The van der Waals surface area contributed by atoms with Gasteiger partial charge in [0.2, 0.25) is 6.41 Å². The van der Waals surface area contributed by atoms with Gasteiger partial charge in [0.15, 0.2) is 5.82 Å². The van der Waals surface area contributed by atoms with Crippen LogP contribution in [0.5, 0.6) is 0 Å². The molecule has 0 saturated heterocycles. The van der Waals surface area contributed by atoms with Gasteiger partial charge in [0, 0.05) is 36.0 Å². The highest BCUT2D eigenvalue weighted by Crippen LogP contribution is 2.36.